The van der Waals surface area contributed by atoms with Gasteiger partial charge >= 0.3 is 5.76 Å². The number of aromatic nitrogens is 1. The molecule has 124 valence electrons. The number of benzene rings is 2. The van der Waals surface area contributed by atoms with E-state index in [1.54, 1.807) is 25.2 Å². The Balaban J connectivity index is 1.56. The molecule has 0 aliphatic carbocycles. The van der Waals surface area contributed by atoms with Crippen LogP contribution in [-0.4, -0.2) is 17.0 Å². The van der Waals surface area contributed by atoms with Gasteiger partial charge in [-0.1, -0.05) is 18.2 Å². The number of nitrogens with one attached hydrogen (secondary N) is 1. The summed E-state index contributed by atoms with van der Waals surface area (Å²) in [4.78, 5) is 23.4. The van der Waals surface area contributed by atoms with E-state index in [2.05, 4.69) is 5.32 Å². The summed E-state index contributed by atoms with van der Waals surface area (Å²) < 4.78 is 19.4. The van der Waals surface area contributed by atoms with Crippen molar-refractivity contribution in [1.29, 1.82) is 0 Å². The molecule has 1 aromatic heterocycles. The molecule has 1 amide bonds. The molecule has 24 heavy (non-hydrogen) atoms. The molecular formula is C18H17FN2O3. The Morgan fingerprint density at radius 3 is 2.62 bits per heavy atom. The quantitative estimate of drug-likeness (QED) is 0.781. The number of aryl methyl sites for hydroxylation is 1. The SMILES string of the molecule is Cn1c(=O)oc2ccc(CCNC(=O)Cc3ccc(F)cc3)cc21. The van der Waals surface area contributed by atoms with Gasteiger partial charge in [-0.3, -0.25) is 9.36 Å². The second kappa shape index (κ2) is 6.70. The summed E-state index contributed by atoms with van der Waals surface area (Å²) in [7, 11) is 1.66. The molecule has 6 heteroatoms. The molecular weight excluding hydrogens is 311 g/mol. The van der Waals surface area contributed by atoms with Crippen LogP contribution in [0, 0.1) is 5.82 Å². The second-order valence-corrected chi connectivity index (χ2v) is 5.63. The van der Waals surface area contributed by atoms with Crippen molar-refractivity contribution in [3.05, 3.63) is 70.0 Å². The van der Waals surface area contributed by atoms with E-state index in [-0.39, 0.29) is 18.1 Å². The van der Waals surface area contributed by atoms with Crippen LogP contribution in [0.4, 0.5) is 4.39 Å². The summed E-state index contributed by atoms with van der Waals surface area (Å²) in [5, 5.41) is 2.84. The molecule has 0 atom stereocenters. The number of rotatable bonds is 5. The Hall–Kier alpha value is -2.89. The molecule has 0 radical (unpaired) electrons. The van der Waals surface area contributed by atoms with Crippen LogP contribution in [0.5, 0.6) is 0 Å². The predicted octanol–water partition coefficient (Wildman–Crippen LogP) is 2.17. The van der Waals surface area contributed by atoms with Crippen LogP contribution >= 0.6 is 0 Å². The van der Waals surface area contributed by atoms with Crippen molar-refractivity contribution < 1.29 is 13.6 Å². The minimum atomic E-state index is -0.394. The third-order valence-electron chi connectivity index (χ3n) is 3.87. The predicted molar refractivity (Wildman–Crippen MR) is 88.3 cm³/mol. The highest BCUT2D eigenvalue weighted by Gasteiger charge is 2.07. The number of nitrogens with zero attached hydrogens (tertiary/aromatic N) is 1. The van der Waals surface area contributed by atoms with Gasteiger partial charge in [0.2, 0.25) is 5.91 Å². The number of amides is 1. The zero-order valence-corrected chi connectivity index (χ0v) is 13.2. The Morgan fingerprint density at radius 2 is 1.88 bits per heavy atom. The lowest BCUT2D eigenvalue weighted by atomic mass is 10.1. The fraction of sp³-hybridized carbons (Fsp3) is 0.222. The van der Waals surface area contributed by atoms with Crippen LogP contribution in [0.3, 0.4) is 0 Å². The first-order valence-electron chi connectivity index (χ1n) is 7.62. The summed E-state index contributed by atoms with van der Waals surface area (Å²) in [6, 6.07) is 11.4. The summed E-state index contributed by atoms with van der Waals surface area (Å²) >= 11 is 0. The number of carbonyl (C=O) groups is 1. The van der Waals surface area contributed by atoms with Crippen LogP contribution in [0.1, 0.15) is 11.1 Å². The van der Waals surface area contributed by atoms with Gasteiger partial charge in [0.05, 0.1) is 11.9 Å². The van der Waals surface area contributed by atoms with Gasteiger partial charge < -0.3 is 9.73 Å². The van der Waals surface area contributed by atoms with E-state index >= 15 is 0 Å². The molecule has 1 heterocycles. The fourth-order valence-electron chi connectivity index (χ4n) is 2.52. The topological polar surface area (TPSA) is 64.2 Å². The summed E-state index contributed by atoms with van der Waals surface area (Å²) in [5.74, 6) is -0.823. The molecule has 0 aliphatic heterocycles. The van der Waals surface area contributed by atoms with Crippen molar-refractivity contribution in [1.82, 2.24) is 9.88 Å². The minimum absolute atomic E-state index is 0.113. The van der Waals surface area contributed by atoms with Crippen LogP contribution in [0.15, 0.2) is 51.7 Å². The highest BCUT2D eigenvalue weighted by molar-refractivity contribution is 5.78. The molecule has 0 bridgehead atoms. The Bertz CT molecular complexity index is 926. The Kier molecular flexibility index (Phi) is 4.46. The van der Waals surface area contributed by atoms with Gasteiger partial charge in [-0.25, -0.2) is 9.18 Å². The number of fused-ring (bicyclic) bond motifs is 1. The van der Waals surface area contributed by atoms with Crippen molar-refractivity contribution in [3.63, 3.8) is 0 Å². The normalized spacial score (nSPS) is 10.9. The second-order valence-electron chi connectivity index (χ2n) is 5.63. The highest BCUT2D eigenvalue weighted by atomic mass is 19.1. The molecule has 0 unspecified atom stereocenters. The van der Waals surface area contributed by atoms with Crippen LogP contribution in [0.2, 0.25) is 0 Å². The lowest BCUT2D eigenvalue weighted by Gasteiger charge is -2.06. The van der Waals surface area contributed by atoms with Crippen molar-refractivity contribution in [3.8, 4) is 0 Å². The van der Waals surface area contributed by atoms with E-state index in [1.165, 1.54) is 16.7 Å². The number of hydrogen-bond acceptors (Lipinski definition) is 3. The largest absolute Gasteiger partial charge is 0.419 e. The zero-order valence-electron chi connectivity index (χ0n) is 13.2. The van der Waals surface area contributed by atoms with Gasteiger partial charge in [-0.15, -0.1) is 0 Å². The van der Waals surface area contributed by atoms with Crippen molar-refractivity contribution in [2.24, 2.45) is 7.05 Å². The maximum absolute atomic E-state index is 12.8. The third kappa shape index (κ3) is 3.53. The average molecular weight is 328 g/mol. The van der Waals surface area contributed by atoms with Crippen molar-refractivity contribution in [2.45, 2.75) is 12.8 Å². The van der Waals surface area contributed by atoms with Gasteiger partial charge in [0.1, 0.15) is 5.82 Å². The summed E-state index contributed by atoms with van der Waals surface area (Å²) in [5.41, 5.74) is 3.05. The van der Waals surface area contributed by atoms with Gasteiger partial charge in [0.25, 0.3) is 0 Å². The van der Waals surface area contributed by atoms with E-state index in [9.17, 15) is 14.0 Å². The van der Waals surface area contributed by atoms with E-state index in [0.29, 0.717) is 18.5 Å². The van der Waals surface area contributed by atoms with Crippen LogP contribution < -0.4 is 11.1 Å². The summed E-state index contributed by atoms with van der Waals surface area (Å²) in [6.45, 7) is 0.483. The molecule has 2 aromatic carbocycles. The van der Waals surface area contributed by atoms with E-state index < -0.39 is 5.76 Å². The lowest BCUT2D eigenvalue weighted by Crippen LogP contribution is -2.27. The molecule has 0 aliphatic rings. The Morgan fingerprint density at radius 1 is 1.17 bits per heavy atom. The first-order valence-corrected chi connectivity index (χ1v) is 7.62. The first-order chi connectivity index (χ1) is 11.5. The van der Waals surface area contributed by atoms with Gasteiger partial charge in [-0.05, 0) is 41.8 Å². The monoisotopic (exact) mass is 328 g/mol. The molecule has 1 N–H and O–H groups in total. The fourth-order valence-corrected chi connectivity index (χ4v) is 2.52. The van der Waals surface area contributed by atoms with Gasteiger partial charge in [0, 0.05) is 13.6 Å². The number of hydrogen-bond donors (Lipinski definition) is 1. The third-order valence-corrected chi connectivity index (χ3v) is 3.87. The summed E-state index contributed by atoms with van der Waals surface area (Å²) in [6.07, 6.45) is 0.861. The van der Waals surface area contributed by atoms with Crippen LogP contribution in [-0.2, 0) is 24.7 Å². The smallest absolute Gasteiger partial charge is 0.408 e. The number of carbonyl (C=O) groups excluding carboxylic acids is 1. The molecule has 0 saturated heterocycles. The van der Waals surface area contributed by atoms with E-state index in [0.717, 1.165) is 16.6 Å². The number of halogens is 1. The molecule has 0 saturated carbocycles. The maximum Gasteiger partial charge on any atom is 0.419 e. The molecule has 3 aromatic rings. The lowest BCUT2D eigenvalue weighted by molar-refractivity contribution is -0.120. The Labute approximate surface area is 137 Å². The van der Waals surface area contributed by atoms with E-state index in [4.69, 9.17) is 4.42 Å². The average Bonchev–Trinajstić information content (AvgIpc) is 2.84. The highest BCUT2D eigenvalue weighted by Crippen LogP contribution is 2.14. The minimum Gasteiger partial charge on any atom is -0.408 e. The molecule has 0 fully saturated rings. The molecule has 3 rings (SSSR count). The number of oxazole rings is 1. The zero-order chi connectivity index (χ0) is 17.1. The maximum atomic E-state index is 12.8. The van der Waals surface area contributed by atoms with Gasteiger partial charge in [0.15, 0.2) is 5.58 Å². The van der Waals surface area contributed by atoms with Crippen molar-refractivity contribution >= 4 is 17.0 Å². The standard InChI is InChI=1S/C18H17FN2O3/c1-21-15-10-13(4-7-16(15)24-18(21)23)8-9-20-17(22)11-12-2-5-14(19)6-3-12/h2-7,10H,8-9,11H2,1H3,(H,20,22). The van der Waals surface area contributed by atoms with Crippen LogP contribution in [0.25, 0.3) is 11.1 Å². The van der Waals surface area contributed by atoms with Crippen molar-refractivity contribution in [2.75, 3.05) is 6.54 Å². The molecule has 5 nitrogen and oxygen atoms in total. The van der Waals surface area contributed by atoms with E-state index in [1.807, 2.05) is 12.1 Å². The first kappa shape index (κ1) is 16.0. The molecule has 0 spiro atoms. The van der Waals surface area contributed by atoms with Gasteiger partial charge in [-0.2, -0.15) is 0 Å².